The Morgan fingerprint density at radius 3 is 1.54 bits per heavy atom. The van der Waals surface area contributed by atoms with Crippen molar-refractivity contribution in [2.24, 2.45) is 30.8 Å². The van der Waals surface area contributed by atoms with Gasteiger partial charge in [-0.1, -0.05) is 51.7 Å². The molecule has 0 atom stereocenters. The number of unbranched alkanes of at least 4 members (excludes halogenated alkanes) is 2. The van der Waals surface area contributed by atoms with E-state index in [-0.39, 0.29) is 24.5 Å². The van der Waals surface area contributed by atoms with Crippen LogP contribution in [0, 0.1) is 10.8 Å². The van der Waals surface area contributed by atoms with Crippen molar-refractivity contribution < 1.29 is 19.2 Å². The second-order valence-electron chi connectivity index (χ2n) is 6.77. The molecule has 0 aromatic carbocycles. The number of nitrogens with zero attached hydrogens (tertiary/aromatic N) is 4. The van der Waals surface area contributed by atoms with Gasteiger partial charge in [0.05, 0.1) is 29.9 Å². The molecule has 0 saturated heterocycles. The topological polar surface area (TPSA) is 118 Å². The molecule has 0 heterocycles. The molecule has 1 rings (SSSR count). The van der Waals surface area contributed by atoms with Crippen LogP contribution in [-0.2, 0) is 19.2 Å². The Morgan fingerprint density at radius 2 is 1.14 bits per heavy atom. The lowest BCUT2D eigenvalue weighted by Gasteiger charge is -2.40. The normalized spacial score (nSPS) is 19.6. The lowest BCUT2D eigenvalue weighted by Crippen LogP contribution is -2.36. The SMILES string of the molecule is CCCCC1(CCCC)C=CC(CN=C=O)(CN=C=O)C(N=C=O)=C1N=C=O. The van der Waals surface area contributed by atoms with Crippen LogP contribution in [0.5, 0.6) is 0 Å². The quantitative estimate of drug-likeness (QED) is 0.291. The number of hydrogen-bond donors (Lipinski definition) is 0. The van der Waals surface area contributed by atoms with Crippen LogP contribution in [0.3, 0.4) is 0 Å². The molecule has 28 heavy (non-hydrogen) atoms. The van der Waals surface area contributed by atoms with E-state index in [4.69, 9.17) is 0 Å². The van der Waals surface area contributed by atoms with Crippen LogP contribution in [0.2, 0.25) is 0 Å². The molecule has 0 spiro atoms. The Hall–Kier alpha value is -3.00. The monoisotopic (exact) mass is 384 g/mol. The van der Waals surface area contributed by atoms with Crippen molar-refractivity contribution in [1.29, 1.82) is 0 Å². The molecule has 0 aliphatic heterocycles. The van der Waals surface area contributed by atoms with Crippen LogP contribution >= 0.6 is 0 Å². The lowest BCUT2D eigenvalue weighted by atomic mass is 9.66. The Morgan fingerprint density at radius 1 is 0.714 bits per heavy atom. The molecule has 0 saturated carbocycles. The lowest BCUT2D eigenvalue weighted by molar-refractivity contribution is 0.324. The van der Waals surface area contributed by atoms with Crippen molar-refractivity contribution in [3.05, 3.63) is 23.5 Å². The zero-order valence-corrected chi connectivity index (χ0v) is 16.2. The second kappa shape index (κ2) is 11.7. The first-order valence-corrected chi connectivity index (χ1v) is 9.28. The molecule has 8 nitrogen and oxygen atoms in total. The predicted octanol–water partition coefficient (Wildman–Crippen LogP) is 3.46. The van der Waals surface area contributed by atoms with E-state index in [9.17, 15) is 19.2 Å². The number of allylic oxidation sites excluding steroid dienone is 1. The molecule has 0 unspecified atom stereocenters. The third kappa shape index (κ3) is 5.26. The Labute approximate surface area is 164 Å². The molecule has 0 N–H and O–H groups in total. The first kappa shape index (κ1) is 23.0. The predicted molar refractivity (Wildman–Crippen MR) is 102 cm³/mol. The van der Waals surface area contributed by atoms with Crippen molar-refractivity contribution in [2.75, 3.05) is 13.1 Å². The van der Waals surface area contributed by atoms with E-state index in [2.05, 4.69) is 33.8 Å². The molecule has 0 amide bonds. The van der Waals surface area contributed by atoms with Gasteiger partial charge in [0, 0.05) is 5.41 Å². The second-order valence-corrected chi connectivity index (χ2v) is 6.77. The van der Waals surface area contributed by atoms with Gasteiger partial charge in [0.15, 0.2) is 0 Å². The molecule has 0 fully saturated rings. The molecule has 1 aliphatic rings. The van der Waals surface area contributed by atoms with Crippen molar-refractivity contribution in [3.63, 3.8) is 0 Å². The standard InChI is InChI=1S/C20H24N4O4/c1-3-5-7-19(8-6-4-2)9-10-20(11-21-13-25,12-22-14-26)18(24-16-28)17(19)23-15-27/h9-10H,3-8,11-12H2,1-2H3. The summed E-state index contributed by atoms with van der Waals surface area (Å²) in [7, 11) is 0. The highest BCUT2D eigenvalue weighted by molar-refractivity contribution is 5.51. The third-order valence-electron chi connectivity index (χ3n) is 5.01. The largest absolute Gasteiger partial charge is 0.240 e. The fourth-order valence-electron chi connectivity index (χ4n) is 3.53. The van der Waals surface area contributed by atoms with Gasteiger partial charge in [0.1, 0.15) is 0 Å². The van der Waals surface area contributed by atoms with E-state index >= 15 is 0 Å². The van der Waals surface area contributed by atoms with Gasteiger partial charge in [-0.15, -0.1) is 0 Å². The number of rotatable bonds is 12. The highest BCUT2D eigenvalue weighted by Gasteiger charge is 2.45. The van der Waals surface area contributed by atoms with Gasteiger partial charge in [0.25, 0.3) is 0 Å². The molecule has 8 heteroatoms. The first-order valence-electron chi connectivity index (χ1n) is 9.28. The summed E-state index contributed by atoms with van der Waals surface area (Å²) >= 11 is 0. The average molecular weight is 384 g/mol. The van der Waals surface area contributed by atoms with Gasteiger partial charge in [0.2, 0.25) is 24.3 Å². The summed E-state index contributed by atoms with van der Waals surface area (Å²) < 4.78 is 0. The molecule has 0 radical (unpaired) electrons. The summed E-state index contributed by atoms with van der Waals surface area (Å²) in [6, 6.07) is 0. The van der Waals surface area contributed by atoms with Crippen LogP contribution in [0.4, 0.5) is 0 Å². The summed E-state index contributed by atoms with van der Waals surface area (Å²) in [5.74, 6) is 0. The Kier molecular flexibility index (Phi) is 9.59. The number of aliphatic imine (C=N–C) groups is 4. The molecule has 0 aromatic heterocycles. The zero-order valence-electron chi connectivity index (χ0n) is 16.2. The maximum absolute atomic E-state index is 11.2. The minimum absolute atomic E-state index is 0.124. The number of carbonyl (C=O) groups excluding carboxylic acids is 4. The molecule has 148 valence electrons. The maximum Gasteiger partial charge on any atom is 0.240 e. The Balaban J connectivity index is 3.80. The van der Waals surface area contributed by atoms with Crippen LogP contribution < -0.4 is 0 Å². The average Bonchev–Trinajstić information content (AvgIpc) is 2.72. The van der Waals surface area contributed by atoms with E-state index < -0.39 is 10.8 Å². The van der Waals surface area contributed by atoms with Crippen LogP contribution in [-0.4, -0.2) is 37.4 Å². The fraction of sp³-hybridized carbons (Fsp3) is 0.600. The van der Waals surface area contributed by atoms with E-state index in [1.807, 2.05) is 6.08 Å². The van der Waals surface area contributed by atoms with Gasteiger partial charge < -0.3 is 0 Å². The van der Waals surface area contributed by atoms with E-state index in [1.165, 1.54) is 18.2 Å². The van der Waals surface area contributed by atoms with E-state index in [0.29, 0.717) is 12.8 Å². The van der Waals surface area contributed by atoms with Crippen LogP contribution in [0.1, 0.15) is 52.4 Å². The van der Waals surface area contributed by atoms with Crippen LogP contribution in [0.25, 0.3) is 0 Å². The molecular weight excluding hydrogens is 360 g/mol. The molecule has 0 bridgehead atoms. The fourth-order valence-corrected chi connectivity index (χ4v) is 3.53. The van der Waals surface area contributed by atoms with Crippen molar-refractivity contribution in [3.8, 4) is 0 Å². The summed E-state index contributed by atoms with van der Waals surface area (Å²) in [5.41, 5.74) is -1.39. The van der Waals surface area contributed by atoms with Gasteiger partial charge in [-0.05, 0) is 12.8 Å². The third-order valence-corrected chi connectivity index (χ3v) is 5.01. The molecule has 1 aliphatic carbocycles. The van der Waals surface area contributed by atoms with E-state index in [0.717, 1.165) is 25.7 Å². The van der Waals surface area contributed by atoms with E-state index in [1.54, 1.807) is 12.2 Å². The van der Waals surface area contributed by atoms with Gasteiger partial charge in [-0.3, -0.25) is 0 Å². The smallest absolute Gasteiger partial charge is 0.211 e. The highest BCUT2D eigenvalue weighted by atomic mass is 16.1. The first-order chi connectivity index (χ1) is 13.6. The van der Waals surface area contributed by atoms with Crippen LogP contribution in [0.15, 0.2) is 43.5 Å². The number of hydrogen-bond acceptors (Lipinski definition) is 8. The molecule has 0 aromatic rings. The number of isocyanates is 4. The minimum Gasteiger partial charge on any atom is -0.211 e. The zero-order chi connectivity index (χ0) is 20.9. The Bertz CT molecular complexity index is 776. The van der Waals surface area contributed by atoms with Gasteiger partial charge >= 0.3 is 0 Å². The molecular formula is C20H24N4O4. The minimum atomic E-state index is -1.19. The summed E-state index contributed by atoms with van der Waals surface area (Å²) in [6.45, 7) is 3.79. The van der Waals surface area contributed by atoms with Crippen molar-refractivity contribution in [1.82, 2.24) is 0 Å². The van der Waals surface area contributed by atoms with Gasteiger partial charge in [-0.25, -0.2) is 29.2 Å². The van der Waals surface area contributed by atoms with Crippen molar-refractivity contribution in [2.45, 2.75) is 52.4 Å². The highest BCUT2D eigenvalue weighted by Crippen LogP contribution is 2.51. The summed E-state index contributed by atoms with van der Waals surface area (Å²) in [6.07, 6.45) is 14.6. The van der Waals surface area contributed by atoms with Crippen molar-refractivity contribution >= 4 is 24.3 Å². The summed E-state index contributed by atoms with van der Waals surface area (Å²) in [5, 5.41) is 0. The summed E-state index contributed by atoms with van der Waals surface area (Å²) in [4.78, 5) is 58.8. The maximum atomic E-state index is 11.2. The van der Waals surface area contributed by atoms with Gasteiger partial charge in [-0.2, -0.15) is 9.98 Å².